The summed E-state index contributed by atoms with van der Waals surface area (Å²) in [5, 5.41) is 13.0. The molecule has 0 bridgehead atoms. The van der Waals surface area contributed by atoms with Gasteiger partial charge in [-0.3, -0.25) is 9.59 Å². The van der Waals surface area contributed by atoms with Gasteiger partial charge < -0.3 is 15.0 Å². The van der Waals surface area contributed by atoms with Gasteiger partial charge in [0.2, 0.25) is 5.43 Å². The van der Waals surface area contributed by atoms with Gasteiger partial charge in [-0.1, -0.05) is 18.6 Å². The molecule has 128 valence electrons. The van der Waals surface area contributed by atoms with Crippen LogP contribution < -0.4 is 10.7 Å². The van der Waals surface area contributed by atoms with Crippen molar-refractivity contribution in [2.45, 2.75) is 45.3 Å². The molecule has 3 rings (SSSR count). The van der Waals surface area contributed by atoms with Crippen LogP contribution in [-0.2, 0) is 7.05 Å². The van der Waals surface area contributed by atoms with Gasteiger partial charge in [-0.2, -0.15) is 0 Å². The molecule has 0 radical (unpaired) electrons. The van der Waals surface area contributed by atoms with Crippen molar-refractivity contribution in [1.29, 1.82) is 0 Å². The molecular formula is C19H24N2O3. The van der Waals surface area contributed by atoms with E-state index < -0.39 is 0 Å². The average Bonchev–Trinajstić information content (AvgIpc) is 2.53. The van der Waals surface area contributed by atoms with Gasteiger partial charge in [-0.05, 0) is 44.2 Å². The molecule has 0 spiro atoms. The second kappa shape index (κ2) is 6.40. The Balaban J connectivity index is 1.92. The molecule has 1 saturated carbocycles. The number of aliphatic hydroxyl groups excluding tert-OH is 1. The SMILES string of the molecule is CCC(NC(=O)c1cn(C)c2ccc(C)cc2c1=O)C1CC(O)C1. The zero-order chi connectivity index (χ0) is 17.4. The summed E-state index contributed by atoms with van der Waals surface area (Å²) in [4.78, 5) is 25.4. The van der Waals surface area contributed by atoms with Gasteiger partial charge in [0.1, 0.15) is 5.56 Å². The van der Waals surface area contributed by atoms with Gasteiger partial charge in [0.25, 0.3) is 5.91 Å². The van der Waals surface area contributed by atoms with Crippen LogP contribution in [0.1, 0.15) is 42.1 Å². The number of benzene rings is 1. The number of pyridine rings is 1. The summed E-state index contributed by atoms with van der Waals surface area (Å²) in [7, 11) is 1.84. The number of fused-ring (bicyclic) bond motifs is 1. The van der Waals surface area contributed by atoms with Crippen LogP contribution in [-0.4, -0.2) is 27.7 Å². The number of hydrogen-bond acceptors (Lipinski definition) is 3. The van der Waals surface area contributed by atoms with Crippen molar-refractivity contribution in [1.82, 2.24) is 9.88 Å². The van der Waals surface area contributed by atoms with Crippen LogP contribution in [0.5, 0.6) is 0 Å². The summed E-state index contributed by atoms with van der Waals surface area (Å²) >= 11 is 0. The number of nitrogens with zero attached hydrogens (tertiary/aromatic N) is 1. The molecule has 1 aromatic heterocycles. The molecule has 1 atom stereocenters. The Morgan fingerprint density at radius 3 is 2.75 bits per heavy atom. The third-order valence-corrected chi connectivity index (χ3v) is 5.06. The molecule has 5 nitrogen and oxygen atoms in total. The monoisotopic (exact) mass is 328 g/mol. The maximum absolute atomic E-state index is 12.7. The Labute approximate surface area is 141 Å². The summed E-state index contributed by atoms with van der Waals surface area (Å²) in [6.45, 7) is 3.94. The number of aromatic nitrogens is 1. The predicted octanol–water partition coefficient (Wildman–Crippen LogP) is 2.13. The van der Waals surface area contributed by atoms with Gasteiger partial charge in [0.15, 0.2) is 0 Å². The van der Waals surface area contributed by atoms with E-state index in [0.717, 1.165) is 17.5 Å². The third-order valence-electron chi connectivity index (χ3n) is 5.06. The van der Waals surface area contributed by atoms with Crippen molar-refractivity contribution in [3.05, 3.63) is 45.7 Å². The minimum Gasteiger partial charge on any atom is -0.393 e. The Kier molecular flexibility index (Phi) is 4.45. The fraction of sp³-hybridized carbons (Fsp3) is 0.474. The molecule has 2 aromatic rings. The summed E-state index contributed by atoms with van der Waals surface area (Å²) in [5.74, 6) is -0.0345. The van der Waals surface area contributed by atoms with Crippen molar-refractivity contribution in [2.24, 2.45) is 13.0 Å². The van der Waals surface area contributed by atoms with Crippen molar-refractivity contribution < 1.29 is 9.90 Å². The number of nitrogens with one attached hydrogen (secondary N) is 1. The first-order valence-electron chi connectivity index (χ1n) is 8.49. The van der Waals surface area contributed by atoms with Crippen LogP contribution in [0.3, 0.4) is 0 Å². The smallest absolute Gasteiger partial charge is 0.256 e. The topological polar surface area (TPSA) is 71.3 Å². The fourth-order valence-electron chi connectivity index (χ4n) is 3.53. The van der Waals surface area contributed by atoms with Gasteiger partial charge >= 0.3 is 0 Å². The highest BCUT2D eigenvalue weighted by Gasteiger charge is 2.34. The predicted molar refractivity (Wildman–Crippen MR) is 94.2 cm³/mol. The van der Waals surface area contributed by atoms with E-state index in [0.29, 0.717) is 24.1 Å². The first-order valence-corrected chi connectivity index (χ1v) is 8.49. The molecule has 1 amide bonds. The lowest BCUT2D eigenvalue weighted by atomic mass is 9.76. The lowest BCUT2D eigenvalue weighted by Gasteiger charge is -2.37. The number of aryl methyl sites for hydroxylation is 2. The van der Waals surface area contributed by atoms with E-state index in [1.54, 1.807) is 6.20 Å². The average molecular weight is 328 g/mol. The zero-order valence-corrected chi connectivity index (χ0v) is 14.4. The molecule has 1 heterocycles. The summed E-state index contributed by atoms with van der Waals surface area (Å²) < 4.78 is 1.82. The Morgan fingerprint density at radius 1 is 1.42 bits per heavy atom. The van der Waals surface area contributed by atoms with Crippen molar-refractivity contribution in [2.75, 3.05) is 0 Å². The highest BCUT2D eigenvalue weighted by molar-refractivity contribution is 5.97. The van der Waals surface area contributed by atoms with Crippen LogP contribution in [0.25, 0.3) is 10.9 Å². The lowest BCUT2D eigenvalue weighted by Crippen LogP contribution is -2.47. The van der Waals surface area contributed by atoms with Crippen molar-refractivity contribution in [3.63, 3.8) is 0 Å². The van der Waals surface area contributed by atoms with Gasteiger partial charge in [0, 0.05) is 24.7 Å². The molecule has 1 aliphatic rings. The lowest BCUT2D eigenvalue weighted by molar-refractivity contribution is 0.0232. The van der Waals surface area contributed by atoms with Crippen molar-refractivity contribution in [3.8, 4) is 0 Å². The Morgan fingerprint density at radius 2 is 2.12 bits per heavy atom. The molecule has 0 saturated heterocycles. The van der Waals surface area contributed by atoms with Crippen LogP contribution in [0.2, 0.25) is 0 Å². The van der Waals surface area contributed by atoms with Gasteiger partial charge in [0.05, 0.1) is 11.6 Å². The van der Waals surface area contributed by atoms with Crippen LogP contribution in [0.4, 0.5) is 0 Å². The third kappa shape index (κ3) is 2.96. The molecule has 1 unspecified atom stereocenters. The number of carbonyl (C=O) groups excluding carboxylic acids is 1. The molecule has 1 aromatic carbocycles. The largest absolute Gasteiger partial charge is 0.393 e. The second-order valence-electron chi connectivity index (χ2n) is 6.88. The van der Waals surface area contributed by atoms with E-state index in [9.17, 15) is 14.7 Å². The van der Waals surface area contributed by atoms with E-state index in [1.807, 2.05) is 43.7 Å². The first-order chi connectivity index (χ1) is 11.4. The highest BCUT2D eigenvalue weighted by atomic mass is 16.3. The van der Waals surface area contributed by atoms with E-state index in [2.05, 4.69) is 5.32 Å². The maximum Gasteiger partial charge on any atom is 0.256 e. The van der Waals surface area contributed by atoms with E-state index in [-0.39, 0.29) is 29.0 Å². The molecule has 2 N–H and O–H groups in total. The summed E-state index contributed by atoms with van der Waals surface area (Å²) in [6.07, 6.45) is 3.58. The highest BCUT2D eigenvalue weighted by Crippen LogP contribution is 2.31. The van der Waals surface area contributed by atoms with Crippen LogP contribution in [0.15, 0.2) is 29.2 Å². The summed E-state index contributed by atoms with van der Waals surface area (Å²) in [5.41, 5.74) is 1.75. The Hall–Kier alpha value is -2.14. The van der Waals surface area contributed by atoms with E-state index in [1.165, 1.54) is 0 Å². The number of aliphatic hydroxyl groups is 1. The number of hydrogen-bond donors (Lipinski definition) is 2. The fourth-order valence-corrected chi connectivity index (χ4v) is 3.53. The second-order valence-corrected chi connectivity index (χ2v) is 6.88. The van der Waals surface area contributed by atoms with E-state index in [4.69, 9.17) is 0 Å². The quantitative estimate of drug-likeness (QED) is 0.903. The Bertz CT molecular complexity index is 834. The van der Waals surface area contributed by atoms with E-state index >= 15 is 0 Å². The molecule has 1 fully saturated rings. The van der Waals surface area contributed by atoms with Crippen LogP contribution in [0, 0.1) is 12.8 Å². The number of carbonyl (C=O) groups is 1. The molecule has 0 aliphatic heterocycles. The standard InChI is InChI=1S/C19H24N2O3/c1-4-16(12-8-13(22)9-12)20-19(24)15-10-21(3)17-6-5-11(2)7-14(17)18(15)23/h5-7,10,12-13,16,22H,4,8-9H2,1-3H3,(H,20,24). The summed E-state index contributed by atoms with van der Waals surface area (Å²) in [6, 6.07) is 5.68. The molecule has 1 aliphatic carbocycles. The van der Waals surface area contributed by atoms with Crippen molar-refractivity contribution >= 4 is 16.8 Å². The number of amides is 1. The molecule has 24 heavy (non-hydrogen) atoms. The molecular weight excluding hydrogens is 304 g/mol. The first kappa shape index (κ1) is 16.7. The normalized spacial score (nSPS) is 21.3. The van der Waals surface area contributed by atoms with Gasteiger partial charge in [-0.25, -0.2) is 0 Å². The molecule has 5 heteroatoms. The zero-order valence-electron chi connectivity index (χ0n) is 14.4. The van der Waals surface area contributed by atoms with Crippen LogP contribution >= 0.6 is 0 Å². The number of rotatable bonds is 4. The minimum absolute atomic E-state index is 0.00110. The van der Waals surface area contributed by atoms with Gasteiger partial charge in [-0.15, -0.1) is 0 Å². The maximum atomic E-state index is 12.7. The minimum atomic E-state index is -0.327.